The van der Waals surface area contributed by atoms with Crippen LogP contribution in [0.25, 0.3) is 6.08 Å². The molecule has 2 rings (SSSR count). The van der Waals surface area contributed by atoms with Crippen molar-refractivity contribution in [2.75, 3.05) is 0 Å². The van der Waals surface area contributed by atoms with Crippen LogP contribution in [-0.2, 0) is 4.79 Å². The molecule has 3 nitrogen and oxygen atoms in total. The van der Waals surface area contributed by atoms with Crippen LogP contribution in [0.1, 0.15) is 11.1 Å². The van der Waals surface area contributed by atoms with Crippen LogP contribution in [0, 0.1) is 12.7 Å². The van der Waals surface area contributed by atoms with Crippen LogP contribution in [0.2, 0.25) is 0 Å². The highest BCUT2D eigenvalue weighted by Gasteiger charge is 2.08. The molecule has 0 spiro atoms. The molecule has 0 aliphatic rings. The summed E-state index contributed by atoms with van der Waals surface area (Å²) in [7, 11) is 0. The van der Waals surface area contributed by atoms with E-state index in [1.54, 1.807) is 18.2 Å². The number of aliphatic carboxylic acids is 1. The van der Waals surface area contributed by atoms with Crippen LogP contribution in [0.5, 0.6) is 11.5 Å². The molecule has 0 bridgehead atoms. The van der Waals surface area contributed by atoms with E-state index in [0.717, 1.165) is 11.6 Å². The SMILES string of the molecule is Cc1ccc(Oc2cccc(F)c2/C=C/C(=O)O)cc1. The van der Waals surface area contributed by atoms with E-state index in [2.05, 4.69) is 0 Å². The monoisotopic (exact) mass is 272 g/mol. The van der Waals surface area contributed by atoms with Crippen molar-refractivity contribution >= 4 is 12.0 Å². The van der Waals surface area contributed by atoms with E-state index in [1.165, 1.54) is 18.2 Å². The van der Waals surface area contributed by atoms with Crippen molar-refractivity contribution in [3.63, 3.8) is 0 Å². The van der Waals surface area contributed by atoms with Crippen molar-refractivity contribution in [1.29, 1.82) is 0 Å². The summed E-state index contributed by atoms with van der Waals surface area (Å²) in [5, 5.41) is 8.63. The van der Waals surface area contributed by atoms with Crippen molar-refractivity contribution in [2.45, 2.75) is 6.92 Å². The van der Waals surface area contributed by atoms with Crippen LogP contribution >= 0.6 is 0 Å². The standard InChI is InChI=1S/C16H13FO3/c1-11-5-7-12(8-6-11)20-15-4-2-3-14(17)13(15)9-10-16(18)19/h2-10H,1H3,(H,18,19)/b10-9+. The predicted molar refractivity (Wildman–Crippen MR) is 74.3 cm³/mol. The molecule has 0 aliphatic heterocycles. The first-order chi connectivity index (χ1) is 9.56. The van der Waals surface area contributed by atoms with Gasteiger partial charge in [0.1, 0.15) is 17.3 Å². The molecule has 2 aromatic carbocycles. The fourth-order valence-electron chi connectivity index (χ4n) is 1.66. The van der Waals surface area contributed by atoms with Gasteiger partial charge >= 0.3 is 5.97 Å². The zero-order chi connectivity index (χ0) is 14.5. The topological polar surface area (TPSA) is 46.5 Å². The number of halogens is 1. The first-order valence-corrected chi connectivity index (χ1v) is 6.00. The van der Waals surface area contributed by atoms with Crippen molar-refractivity contribution < 1.29 is 19.0 Å². The Balaban J connectivity index is 2.33. The summed E-state index contributed by atoms with van der Waals surface area (Å²) in [6.45, 7) is 1.95. The largest absolute Gasteiger partial charge is 0.478 e. The third-order valence-corrected chi connectivity index (χ3v) is 2.65. The fraction of sp³-hybridized carbons (Fsp3) is 0.0625. The second-order valence-electron chi connectivity index (χ2n) is 4.24. The van der Waals surface area contributed by atoms with Gasteiger partial charge in [-0.15, -0.1) is 0 Å². The molecule has 2 aromatic rings. The van der Waals surface area contributed by atoms with Gasteiger partial charge < -0.3 is 9.84 Å². The Labute approximate surface area is 115 Å². The zero-order valence-electron chi connectivity index (χ0n) is 10.8. The molecule has 4 heteroatoms. The highest BCUT2D eigenvalue weighted by atomic mass is 19.1. The van der Waals surface area contributed by atoms with Crippen molar-refractivity contribution in [1.82, 2.24) is 0 Å². The number of benzene rings is 2. The fourth-order valence-corrected chi connectivity index (χ4v) is 1.66. The average molecular weight is 272 g/mol. The Bertz CT molecular complexity index is 645. The van der Waals surface area contributed by atoms with Gasteiger partial charge in [-0.3, -0.25) is 0 Å². The van der Waals surface area contributed by atoms with Crippen molar-refractivity contribution in [2.24, 2.45) is 0 Å². The van der Waals surface area contributed by atoms with Crippen LogP contribution in [0.15, 0.2) is 48.5 Å². The van der Waals surface area contributed by atoms with Crippen LogP contribution < -0.4 is 4.74 Å². The number of hydrogen-bond acceptors (Lipinski definition) is 2. The molecule has 102 valence electrons. The molecule has 1 N–H and O–H groups in total. The first-order valence-electron chi connectivity index (χ1n) is 6.00. The highest BCUT2D eigenvalue weighted by Crippen LogP contribution is 2.28. The van der Waals surface area contributed by atoms with Crippen molar-refractivity contribution in [3.8, 4) is 11.5 Å². The van der Waals surface area contributed by atoms with E-state index in [0.29, 0.717) is 5.75 Å². The number of carboxylic acid groups (broad SMARTS) is 1. The number of ether oxygens (including phenoxy) is 1. The van der Waals surface area contributed by atoms with E-state index < -0.39 is 11.8 Å². The van der Waals surface area contributed by atoms with Crippen LogP contribution in [0.4, 0.5) is 4.39 Å². The van der Waals surface area contributed by atoms with Gasteiger partial charge in [0.25, 0.3) is 0 Å². The van der Waals surface area contributed by atoms with E-state index >= 15 is 0 Å². The number of rotatable bonds is 4. The zero-order valence-corrected chi connectivity index (χ0v) is 10.8. The second kappa shape index (κ2) is 6.02. The lowest BCUT2D eigenvalue weighted by atomic mass is 10.1. The van der Waals surface area contributed by atoms with Crippen LogP contribution in [-0.4, -0.2) is 11.1 Å². The maximum absolute atomic E-state index is 13.7. The molecule has 0 aromatic heterocycles. The van der Waals surface area contributed by atoms with Gasteiger partial charge in [-0.05, 0) is 37.3 Å². The van der Waals surface area contributed by atoms with E-state index in [-0.39, 0.29) is 11.3 Å². The second-order valence-corrected chi connectivity index (χ2v) is 4.24. The minimum atomic E-state index is -1.14. The van der Waals surface area contributed by atoms with E-state index in [4.69, 9.17) is 9.84 Å². The molecule has 0 saturated carbocycles. The maximum Gasteiger partial charge on any atom is 0.328 e. The molecular weight excluding hydrogens is 259 g/mol. The van der Waals surface area contributed by atoms with E-state index in [1.807, 2.05) is 19.1 Å². The van der Waals surface area contributed by atoms with Gasteiger partial charge in [-0.2, -0.15) is 0 Å². The Morgan fingerprint density at radius 3 is 2.55 bits per heavy atom. The van der Waals surface area contributed by atoms with Gasteiger partial charge in [0, 0.05) is 6.08 Å². The van der Waals surface area contributed by atoms with Gasteiger partial charge in [-0.1, -0.05) is 23.8 Å². The smallest absolute Gasteiger partial charge is 0.328 e. The van der Waals surface area contributed by atoms with Gasteiger partial charge in [0.05, 0.1) is 5.56 Å². The van der Waals surface area contributed by atoms with Gasteiger partial charge in [-0.25, -0.2) is 9.18 Å². The van der Waals surface area contributed by atoms with Gasteiger partial charge in [0.15, 0.2) is 0 Å². The molecule has 0 aliphatic carbocycles. The molecule has 0 saturated heterocycles. The Morgan fingerprint density at radius 1 is 1.20 bits per heavy atom. The summed E-state index contributed by atoms with van der Waals surface area (Å²) < 4.78 is 19.3. The molecule has 20 heavy (non-hydrogen) atoms. The predicted octanol–water partition coefficient (Wildman–Crippen LogP) is 4.02. The normalized spacial score (nSPS) is 10.7. The molecule has 0 heterocycles. The van der Waals surface area contributed by atoms with Crippen LogP contribution in [0.3, 0.4) is 0 Å². The molecular formula is C16H13FO3. The summed E-state index contributed by atoms with van der Waals surface area (Å²) in [5.74, 6) is -0.848. The maximum atomic E-state index is 13.7. The molecule has 0 radical (unpaired) electrons. The lowest BCUT2D eigenvalue weighted by Crippen LogP contribution is -1.92. The number of hydrogen-bond donors (Lipinski definition) is 1. The highest BCUT2D eigenvalue weighted by molar-refractivity contribution is 5.86. The third kappa shape index (κ3) is 3.45. The van der Waals surface area contributed by atoms with Gasteiger partial charge in [0.2, 0.25) is 0 Å². The summed E-state index contributed by atoms with van der Waals surface area (Å²) in [6.07, 6.45) is 2.06. The lowest BCUT2D eigenvalue weighted by molar-refractivity contribution is -0.131. The minimum Gasteiger partial charge on any atom is -0.478 e. The average Bonchev–Trinajstić information content (AvgIpc) is 2.40. The Hall–Kier alpha value is -2.62. The summed E-state index contributed by atoms with van der Waals surface area (Å²) >= 11 is 0. The molecule has 0 fully saturated rings. The van der Waals surface area contributed by atoms with Crippen molar-refractivity contribution in [3.05, 3.63) is 65.5 Å². The number of aryl methyl sites for hydroxylation is 1. The third-order valence-electron chi connectivity index (χ3n) is 2.65. The first kappa shape index (κ1) is 13.8. The Morgan fingerprint density at radius 2 is 1.90 bits per heavy atom. The van der Waals surface area contributed by atoms with E-state index in [9.17, 15) is 9.18 Å². The summed E-state index contributed by atoms with van der Waals surface area (Å²) in [6, 6.07) is 11.6. The molecule has 0 amide bonds. The quantitative estimate of drug-likeness (QED) is 0.855. The number of carboxylic acids is 1. The number of carbonyl (C=O) groups is 1. The summed E-state index contributed by atoms with van der Waals surface area (Å²) in [4.78, 5) is 10.5. The Kier molecular flexibility index (Phi) is 4.15. The summed E-state index contributed by atoms with van der Waals surface area (Å²) in [5.41, 5.74) is 1.19. The molecule has 0 unspecified atom stereocenters. The molecule has 0 atom stereocenters. The minimum absolute atomic E-state index is 0.107. The lowest BCUT2D eigenvalue weighted by Gasteiger charge is -2.09.